The van der Waals surface area contributed by atoms with E-state index in [-0.39, 0.29) is 5.91 Å². The SMILES string of the molecule is CCn1c2ccccc2c2cc(NC(=O)C3(N)CC3)ccc21. The highest BCUT2D eigenvalue weighted by molar-refractivity contribution is 6.10. The Kier molecular flexibility index (Phi) is 2.78. The molecule has 0 aliphatic heterocycles. The molecule has 112 valence electrons. The van der Waals surface area contributed by atoms with Gasteiger partial charge in [0, 0.05) is 34.0 Å². The van der Waals surface area contributed by atoms with Gasteiger partial charge in [-0.2, -0.15) is 0 Å². The number of hydrogen-bond acceptors (Lipinski definition) is 2. The van der Waals surface area contributed by atoms with Gasteiger partial charge < -0.3 is 15.6 Å². The second-order valence-corrected chi connectivity index (χ2v) is 6.10. The normalized spacial score (nSPS) is 16.1. The molecule has 0 radical (unpaired) electrons. The lowest BCUT2D eigenvalue weighted by molar-refractivity contribution is -0.118. The van der Waals surface area contributed by atoms with Crippen LogP contribution >= 0.6 is 0 Å². The molecule has 4 nitrogen and oxygen atoms in total. The van der Waals surface area contributed by atoms with Gasteiger partial charge in [0.05, 0.1) is 5.54 Å². The number of fused-ring (bicyclic) bond motifs is 3. The fourth-order valence-electron chi connectivity index (χ4n) is 3.09. The van der Waals surface area contributed by atoms with Crippen molar-refractivity contribution in [2.24, 2.45) is 5.73 Å². The molecule has 4 heteroatoms. The first-order valence-corrected chi connectivity index (χ1v) is 7.74. The Morgan fingerprint density at radius 1 is 1.18 bits per heavy atom. The van der Waals surface area contributed by atoms with Crippen LogP contribution in [-0.2, 0) is 11.3 Å². The van der Waals surface area contributed by atoms with Gasteiger partial charge in [0.2, 0.25) is 5.91 Å². The van der Waals surface area contributed by atoms with E-state index in [0.717, 1.165) is 30.5 Å². The molecule has 1 aliphatic rings. The third-order valence-electron chi connectivity index (χ3n) is 4.59. The van der Waals surface area contributed by atoms with Gasteiger partial charge in [-0.25, -0.2) is 0 Å². The highest BCUT2D eigenvalue weighted by Gasteiger charge is 2.45. The Balaban J connectivity index is 1.83. The van der Waals surface area contributed by atoms with Gasteiger partial charge in [-0.05, 0) is 44.0 Å². The maximum Gasteiger partial charge on any atom is 0.244 e. The second kappa shape index (κ2) is 4.58. The van der Waals surface area contributed by atoms with Crippen molar-refractivity contribution in [1.82, 2.24) is 4.57 Å². The van der Waals surface area contributed by atoms with E-state index in [2.05, 4.69) is 41.1 Å². The van der Waals surface area contributed by atoms with Gasteiger partial charge in [-0.3, -0.25) is 4.79 Å². The molecule has 2 aromatic carbocycles. The molecule has 0 saturated heterocycles. The Labute approximate surface area is 128 Å². The number of aryl methyl sites for hydroxylation is 1. The number of hydrogen-bond donors (Lipinski definition) is 2. The molecule has 1 fully saturated rings. The molecule has 3 N–H and O–H groups in total. The monoisotopic (exact) mass is 293 g/mol. The molecule has 4 rings (SSSR count). The van der Waals surface area contributed by atoms with E-state index in [4.69, 9.17) is 5.73 Å². The predicted molar refractivity (Wildman–Crippen MR) is 89.9 cm³/mol. The summed E-state index contributed by atoms with van der Waals surface area (Å²) >= 11 is 0. The Bertz CT molecular complexity index is 890. The van der Waals surface area contributed by atoms with Crippen LogP contribution in [0.4, 0.5) is 5.69 Å². The third kappa shape index (κ3) is 1.91. The summed E-state index contributed by atoms with van der Waals surface area (Å²) in [6, 6.07) is 14.4. The van der Waals surface area contributed by atoms with Crippen LogP contribution in [0.1, 0.15) is 19.8 Å². The topological polar surface area (TPSA) is 60.0 Å². The zero-order chi connectivity index (χ0) is 15.3. The number of aromatic nitrogens is 1. The average Bonchev–Trinajstić information content (AvgIpc) is 3.21. The van der Waals surface area contributed by atoms with Crippen LogP contribution in [0.25, 0.3) is 21.8 Å². The molecule has 1 saturated carbocycles. The molecule has 0 atom stereocenters. The highest BCUT2D eigenvalue weighted by atomic mass is 16.2. The Hall–Kier alpha value is -2.33. The number of nitrogens with two attached hydrogens (primary N) is 1. The quantitative estimate of drug-likeness (QED) is 0.778. The number of para-hydroxylation sites is 1. The molecule has 1 amide bonds. The first-order chi connectivity index (χ1) is 10.6. The van der Waals surface area contributed by atoms with Crippen LogP contribution < -0.4 is 11.1 Å². The predicted octanol–water partition coefficient (Wildman–Crippen LogP) is 3.24. The van der Waals surface area contributed by atoms with E-state index in [1.807, 2.05) is 18.2 Å². The zero-order valence-electron chi connectivity index (χ0n) is 12.6. The van der Waals surface area contributed by atoms with Crippen molar-refractivity contribution >= 4 is 33.4 Å². The lowest BCUT2D eigenvalue weighted by Crippen LogP contribution is -2.37. The molecule has 22 heavy (non-hydrogen) atoms. The molecule has 1 aliphatic carbocycles. The lowest BCUT2D eigenvalue weighted by Gasteiger charge is -2.10. The summed E-state index contributed by atoms with van der Waals surface area (Å²) in [5, 5.41) is 5.33. The number of nitrogens with one attached hydrogen (secondary N) is 1. The van der Waals surface area contributed by atoms with Crippen LogP contribution in [0, 0.1) is 0 Å². The van der Waals surface area contributed by atoms with Crippen molar-refractivity contribution in [2.75, 3.05) is 5.32 Å². The molecule has 0 spiro atoms. The van der Waals surface area contributed by atoms with Gasteiger partial charge in [0.1, 0.15) is 0 Å². The number of amides is 1. The molecular weight excluding hydrogens is 274 g/mol. The fraction of sp³-hybridized carbons (Fsp3) is 0.278. The number of carbonyl (C=O) groups excluding carboxylic acids is 1. The molecule has 0 bridgehead atoms. The van der Waals surface area contributed by atoms with Crippen molar-refractivity contribution in [2.45, 2.75) is 31.8 Å². The van der Waals surface area contributed by atoms with Crippen LogP contribution in [0.5, 0.6) is 0 Å². The number of benzene rings is 2. The zero-order valence-corrected chi connectivity index (χ0v) is 12.6. The van der Waals surface area contributed by atoms with E-state index in [0.29, 0.717) is 0 Å². The number of nitrogens with zero attached hydrogens (tertiary/aromatic N) is 1. The summed E-state index contributed by atoms with van der Waals surface area (Å²) in [4.78, 5) is 12.1. The minimum atomic E-state index is -0.646. The van der Waals surface area contributed by atoms with Gasteiger partial charge in [-0.1, -0.05) is 18.2 Å². The van der Waals surface area contributed by atoms with E-state index in [1.54, 1.807) is 0 Å². The van der Waals surface area contributed by atoms with E-state index < -0.39 is 5.54 Å². The van der Waals surface area contributed by atoms with E-state index in [1.165, 1.54) is 16.4 Å². The average molecular weight is 293 g/mol. The maximum absolute atomic E-state index is 12.1. The number of anilines is 1. The summed E-state index contributed by atoms with van der Waals surface area (Å²) in [6.45, 7) is 3.06. The highest BCUT2D eigenvalue weighted by Crippen LogP contribution is 2.35. The van der Waals surface area contributed by atoms with E-state index >= 15 is 0 Å². The molecular formula is C18H19N3O. The van der Waals surface area contributed by atoms with Crippen LogP contribution in [-0.4, -0.2) is 16.0 Å². The minimum absolute atomic E-state index is 0.0777. The largest absolute Gasteiger partial charge is 0.341 e. The van der Waals surface area contributed by atoms with Crippen molar-refractivity contribution in [3.05, 3.63) is 42.5 Å². The Morgan fingerprint density at radius 2 is 1.91 bits per heavy atom. The van der Waals surface area contributed by atoms with Gasteiger partial charge >= 0.3 is 0 Å². The minimum Gasteiger partial charge on any atom is -0.341 e. The van der Waals surface area contributed by atoms with Crippen LogP contribution in [0.2, 0.25) is 0 Å². The standard InChI is InChI=1S/C18H19N3O/c1-2-21-15-6-4-3-5-13(15)14-11-12(7-8-16(14)21)20-17(22)18(19)9-10-18/h3-8,11H,2,9-10,19H2,1H3,(H,20,22). The molecule has 1 heterocycles. The second-order valence-electron chi connectivity index (χ2n) is 6.10. The maximum atomic E-state index is 12.1. The summed E-state index contributed by atoms with van der Waals surface area (Å²) in [7, 11) is 0. The third-order valence-corrected chi connectivity index (χ3v) is 4.59. The van der Waals surface area contributed by atoms with Crippen LogP contribution in [0.3, 0.4) is 0 Å². The Morgan fingerprint density at radius 3 is 2.64 bits per heavy atom. The van der Waals surface area contributed by atoms with Crippen LogP contribution in [0.15, 0.2) is 42.5 Å². The van der Waals surface area contributed by atoms with Gasteiger partial charge in [-0.15, -0.1) is 0 Å². The van der Waals surface area contributed by atoms with Crippen molar-refractivity contribution in [3.8, 4) is 0 Å². The number of rotatable bonds is 3. The summed E-state index contributed by atoms with van der Waals surface area (Å²) in [5.74, 6) is -0.0777. The van der Waals surface area contributed by atoms with Crippen molar-refractivity contribution in [3.63, 3.8) is 0 Å². The molecule has 1 aromatic heterocycles. The summed E-state index contributed by atoms with van der Waals surface area (Å²) in [5.41, 5.74) is 8.53. The number of carbonyl (C=O) groups is 1. The first kappa shape index (κ1) is 13.3. The molecule has 3 aromatic rings. The van der Waals surface area contributed by atoms with E-state index in [9.17, 15) is 4.79 Å². The first-order valence-electron chi connectivity index (χ1n) is 7.74. The van der Waals surface area contributed by atoms with Crippen molar-refractivity contribution in [1.29, 1.82) is 0 Å². The van der Waals surface area contributed by atoms with Gasteiger partial charge in [0.25, 0.3) is 0 Å². The molecule has 0 unspecified atom stereocenters. The van der Waals surface area contributed by atoms with Gasteiger partial charge in [0.15, 0.2) is 0 Å². The summed E-state index contributed by atoms with van der Waals surface area (Å²) in [6.07, 6.45) is 1.55. The smallest absolute Gasteiger partial charge is 0.244 e. The fourth-order valence-corrected chi connectivity index (χ4v) is 3.09. The van der Waals surface area contributed by atoms with Crippen molar-refractivity contribution < 1.29 is 4.79 Å². The lowest BCUT2D eigenvalue weighted by atomic mass is 10.1. The summed E-state index contributed by atoms with van der Waals surface area (Å²) < 4.78 is 2.29.